The van der Waals surface area contributed by atoms with E-state index < -0.39 is 0 Å². The summed E-state index contributed by atoms with van der Waals surface area (Å²) in [6.07, 6.45) is 0. The van der Waals surface area contributed by atoms with Gasteiger partial charge < -0.3 is 22.2 Å². The van der Waals surface area contributed by atoms with Gasteiger partial charge in [0.1, 0.15) is 11.0 Å². The van der Waals surface area contributed by atoms with Crippen molar-refractivity contribution in [2.45, 2.75) is 6.92 Å². The quantitative estimate of drug-likeness (QED) is 0.385. The van der Waals surface area contributed by atoms with E-state index in [-0.39, 0.29) is 12.4 Å². The second-order valence-corrected chi connectivity index (χ2v) is 7.42. The monoisotopic (exact) mass is 392 g/mol. The van der Waals surface area contributed by atoms with E-state index in [1.54, 1.807) is 0 Å². The van der Waals surface area contributed by atoms with Gasteiger partial charge in [0.15, 0.2) is 0 Å². The molecule has 0 N–H and O–H groups in total. The van der Waals surface area contributed by atoms with Crippen molar-refractivity contribution in [3.05, 3.63) is 66.2 Å². The number of aryl methyl sites for hydroxylation is 1. The molecule has 0 fully saturated rings. The van der Waals surface area contributed by atoms with Gasteiger partial charge in [0.25, 0.3) is 0 Å². The number of rotatable bonds is 3. The van der Waals surface area contributed by atoms with Crippen LogP contribution in [0.5, 0.6) is 0 Å². The smallest absolute Gasteiger partial charge is 0.239 e. The molecule has 1 aromatic heterocycles. The highest BCUT2D eigenvalue weighted by Gasteiger charge is 2.21. The van der Waals surface area contributed by atoms with E-state index in [1.165, 1.54) is 5.56 Å². The van der Waals surface area contributed by atoms with Crippen LogP contribution in [-0.2, 0) is 0 Å². The van der Waals surface area contributed by atoms with E-state index in [0.29, 0.717) is 0 Å². The summed E-state index contributed by atoms with van der Waals surface area (Å²) in [6, 6.07) is 21.6. The van der Waals surface area contributed by atoms with Gasteiger partial charge in [0, 0.05) is 63.8 Å². The highest BCUT2D eigenvalue weighted by Crippen LogP contribution is 2.24. The van der Waals surface area contributed by atoms with Crippen LogP contribution in [-0.4, -0.2) is 33.2 Å². The zero-order valence-electron chi connectivity index (χ0n) is 16.9. The maximum atomic E-state index is 4.92. The molecular weight excluding hydrogens is 368 g/mol. The predicted molar refractivity (Wildman–Crippen MR) is 114 cm³/mol. The topological polar surface area (TPSA) is 23.2 Å². The molecule has 1 heterocycles. The second kappa shape index (κ2) is 7.64. The summed E-state index contributed by atoms with van der Waals surface area (Å²) in [4.78, 5) is 9.17. The van der Waals surface area contributed by atoms with Crippen molar-refractivity contribution >= 4 is 33.4 Å². The zero-order chi connectivity index (χ0) is 19.1. The average molecular weight is 393 g/mol. The summed E-state index contributed by atoms with van der Waals surface area (Å²) < 4.78 is 2.32. The Morgan fingerprint density at radius 1 is 0.679 bits per heavy atom. The predicted octanol–water partition coefficient (Wildman–Crippen LogP) is 1.11. The van der Waals surface area contributed by atoms with Crippen molar-refractivity contribution in [3.8, 4) is 5.69 Å². The number of nitrogens with zero attached hydrogens (tertiary/aromatic N) is 4. The van der Waals surface area contributed by atoms with Gasteiger partial charge in [-0.05, 0) is 31.2 Å². The van der Waals surface area contributed by atoms with Gasteiger partial charge in [-0.15, -0.1) is 4.57 Å². The number of halogens is 1. The maximum absolute atomic E-state index is 4.92. The Hall–Kier alpha value is -2.85. The largest absolute Gasteiger partial charge is 1.00 e. The van der Waals surface area contributed by atoms with Gasteiger partial charge in [-0.25, -0.2) is 4.98 Å². The minimum atomic E-state index is 0. The van der Waals surface area contributed by atoms with Crippen molar-refractivity contribution in [1.29, 1.82) is 0 Å². The van der Waals surface area contributed by atoms with Crippen LogP contribution in [0.2, 0.25) is 0 Å². The molecule has 0 saturated carbocycles. The van der Waals surface area contributed by atoms with E-state index >= 15 is 0 Å². The van der Waals surface area contributed by atoms with E-state index in [4.69, 9.17) is 4.98 Å². The molecule has 28 heavy (non-hydrogen) atoms. The van der Waals surface area contributed by atoms with Crippen LogP contribution >= 0.6 is 0 Å². The van der Waals surface area contributed by atoms with E-state index in [9.17, 15) is 0 Å². The van der Waals surface area contributed by atoms with Gasteiger partial charge in [0.2, 0.25) is 16.7 Å². The third-order valence-corrected chi connectivity index (χ3v) is 4.97. The van der Waals surface area contributed by atoms with Crippen LogP contribution in [0.4, 0.5) is 11.4 Å². The van der Waals surface area contributed by atoms with Crippen molar-refractivity contribution in [1.82, 2.24) is 4.98 Å². The molecule has 0 aliphatic heterocycles. The Kier molecular flexibility index (Phi) is 5.43. The van der Waals surface area contributed by atoms with E-state index in [0.717, 1.165) is 39.1 Å². The molecule has 144 valence electrons. The molecule has 5 heteroatoms. The molecule has 0 bridgehead atoms. The van der Waals surface area contributed by atoms with Crippen LogP contribution < -0.4 is 26.8 Å². The lowest BCUT2D eigenvalue weighted by Gasteiger charge is -2.14. The molecule has 4 rings (SSSR count). The van der Waals surface area contributed by atoms with Crippen molar-refractivity contribution in [3.63, 3.8) is 0 Å². The first-order chi connectivity index (χ1) is 12.9. The molecular formula is C23H25ClN4. The summed E-state index contributed by atoms with van der Waals surface area (Å²) in [5.41, 5.74) is 8.91. The Morgan fingerprint density at radius 2 is 1.14 bits per heavy atom. The Morgan fingerprint density at radius 3 is 1.57 bits per heavy atom. The molecule has 0 amide bonds. The lowest BCUT2D eigenvalue weighted by atomic mass is 10.1. The Labute approximate surface area is 172 Å². The zero-order valence-corrected chi connectivity index (χ0v) is 17.7. The molecule has 0 saturated heterocycles. The van der Waals surface area contributed by atoms with Crippen molar-refractivity contribution < 1.29 is 17.0 Å². The fourth-order valence-corrected chi connectivity index (χ4v) is 3.36. The summed E-state index contributed by atoms with van der Waals surface area (Å²) in [7, 11) is 8.26. The number of fused-ring (bicyclic) bond motifs is 2. The number of hydrogen-bond donors (Lipinski definition) is 0. The molecule has 0 aliphatic carbocycles. The van der Waals surface area contributed by atoms with Gasteiger partial charge in [-0.2, -0.15) is 0 Å². The van der Waals surface area contributed by atoms with Crippen molar-refractivity contribution in [2.24, 2.45) is 0 Å². The minimum Gasteiger partial charge on any atom is -1.00 e. The second-order valence-electron chi connectivity index (χ2n) is 7.42. The standard InChI is InChI=1S/C23H25N4.ClH/c1-16-6-8-17(9-7-16)27-22-14-18(25(2)3)10-12-20(22)24-21-13-11-19(26(4)5)15-23(21)27;/h6-15H,1-5H3;1H/q+1;/p-1. The first kappa shape index (κ1) is 19.9. The van der Waals surface area contributed by atoms with Gasteiger partial charge in [-0.3, -0.25) is 0 Å². The summed E-state index contributed by atoms with van der Waals surface area (Å²) >= 11 is 0. The van der Waals surface area contributed by atoms with Crippen LogP contribution in [0.3, 0.4) is 0 Å². The van der Waals surface area contributed by atoms with Gasteiger partial charge in [-0.1, -0.05) is 17.7 Å². The van der Waals surface area contributed by atoms with Gasteiger partial charge >= 0.3 is 0 Å². The van der Waals surface area contributed by atoms with Crippen LogP contribution in [0, 0.1) is 6.92 Å². The lowest BCUT2D eigenvalue weighted by molar-refractivity contribution is -0.538. The Bertz CT molecular complexity index is 1070. The molecule has 0 spiro atoms. The number of hydrogen-bond acceptors (Lipinski definition) is 3. The fourth-order valence-electron chi connectivity index (χ4n) is 3.36. The highest BCUT2D eigenvalue weighted by atomic mass is 35.5. The molecule has 3 aromatic carbocycles. The number of anilines is 2. The third kappa shape index (κ3) is 3.48. The van der Waals surface area contributed by atoms with Crippen LogP contribution in [0.25, 0.3) is 27.8 Å². The van der Waals surface area contributed by atoms with Crippen LogP contribution in [0.15, 0.2) is 60.7 Å². The first-order valence-electron chi connectivity index (χ1n) is 9.15. The number of benzene rings is 3. The molecule has 0 radical (unpaired) electrons. The summed E-state index contributed by atoms with van der Waals surface area (Å²) in [6.45, 7) is 2.12. The summed E-state index contributed by atoms with van der Waals surface area (Å²) in [5.74, 6) is 0. The molecule has 4 aromatic rings. The summed E-state index contributed by atoms with van der Waals surface area (Å²) in [5, 5.41) is 0. The SMILES string of the molecule is Cc1ccc(-[n+]2c3cc(N(C)C)ccc3nc3ccc(N(C)C)cc32)cc1.[Cl-]. The molecule has 0 aliphatic rings. The van der Waals surface area contributed by atoms with E-state index in [2.05, 4.69) is 110 Å². The molecule has 4 nitrogen and oxygen atoms in total. The molecule has 0 atom stereocenters. The third-order valence-electron chi connectivity index (χ3n) is 4.97. The Balaban J connectivity index is 0.00000225. The van der Waals surface area contributed by atoms with Crippen molar-refractivity contribution in [2.75, 3.05) is 38.0 Å². The fraction of sp³-hybridized carbons (Fsp3) is 0.217. The minimum absolute atomic E-state index is 0. The van der Waals surface area contributed by atoms with Crippen LogP contribution in [0.1, 0.15) is 5.56 Å². The first-order valence-corrected chi connectivity index (χ1v) is 9.15. The van der Waals surface area contributed by atoms with Gasteiger partial charge in [0.05, 0.1) is 0 Å². The number of aromatic nitrogens is 2. The van der Waals surface area contributed by atoms with E-state index in [1.807, 2.05) is 0 Å². The highest BCUT2D eigenvalue weighted by molar-refractivity contribution is 5.86. The lowest BCUT2D eigenvalue weighted by Crippen LogP contribution is -3.00. The average Bonchev–Trinajstić information content (AvgIpc) is 2.66. The maximum Gasteiger partial charge on any atom is 0.239 e. The molecule has 0 unspecified atom stereocenters. The normalized spacial score (nSPS) is 10.8.